The maximum absolute atomic E-state index is 11.8. The zero-order valence-corrected chi connectivity index (χ0v) is 17.1. The zero-order valence-electron chi connectivity index (χ0n) is 17.1. The smallest absolute Gasteiger partial charge is 0.219 e. The van der Waals surface area contributed by atoms with Gasteiger partial charge in [0, 0.05) is 48.4 Å². The van der Waals surface area contributed by atoms with E-state index >= 15 is 0 Å². The van der Waals surface area contributed by atoms with Gasteiger partial charge in [-0.1, -0.05) is 6.07 Å². The molecule has 2 fully saturated rings. The minimum atomic E-state index is 0.177. The van der Waals surface area contributed by atoms with Gasteiger partial charge in [0.2, 0.25) is 5.91 Å². The van der Waals surface area contributed by atoms with E-state index in [0.29, 0.717) is 35.8 Å². The predicted octanol–water partition coefficient (Wildman–Crippen LogP) is 3.39. The van der Waals surface area contributed by atoms with Crippen LogP contribution in [0.4, 0.5) is 0 Å². The Morgan fingerprint density at radius 3 is 2.83 bits per heavy atom. The van der Waals surface area contributed by atoms with E-state index < -0.39 is 0 Å². The number of piperidine rings is 1. The SMILES string of the molecule is CCOc1cc(-c2ccc(C3CC4CC3CN4C(C)=O)nc2)c2c(C#N)cnn2c1. The lowest BCUT2D eigenvalue weighted by Crippen LogP contribution is -2.38. The summed E-state index contributed by atoms with van der Waals surface area (Å²) in [5.41, 5.74) is 4.17. The topological polar surface area (TPSA) is 83.5 Å². The summed E-state index contributed by atoms with van der Waals surface area (Å²) in [6, 6.07) is 8.67. The number of nitrogens with zero attached hydrogens (tertiary/aromatic N) is 5. The predicted molar refractivity (Wildman–Crippen MR) is 111 cm³/mol. The van der Waals surface area contributed by atoms with E-state index in [4.69, 9.17) is 9.72 Å². The first-order valence-electron chi connectivity index (χ1n) is 10.4. The highest BCUT2D eigenvalue weighted by Crippen LogP contribution is 2.47. The fraction of sp³-hybridized carbons (Fsp3) is 0.391. The van der Waals surface area contributed by atoms with Crippen LogP contribution in [0.1, 0.15) is 43.9 Å². The van der Waals surface area contributed by atoms with Crippen LogP contribution >= 0.6 is 0 Å². The highest BCUT2D eigenvalue weighted by Gasteiger charge is 2.46. The van der Waals surface area contributed by atoms with E-state index in [-0.39, 0.29) is 5.91 Å². The van der Waals surface area contributed by atoms with Crippen LogP contribution in [0, 0.1) is 17.2 Å². The fourth-order valence-electron chi connectivity index (χ4n) is 5.13. The molecule has 0 radical (unpaired) electrons. The van der Waals surface area contributed by atoms with E-state index in [1.54, 1.807) is 23.8 Å². The molecular weight excluding hydrogens is 378 g/mol. The molecule has 3 aromatic heterocycles. The number of carbonyl (C=O) groups excluding carboxylic acids is 1. The minimum Gasteiger partial charge on any atom is -0.492 e. The molecule has 3 atom stereocenters. The summed E-state index contributed by atoms with van der Waals surface area (Å²) >= 11 is 0. The number of ether oxygens (including phenoxy) is 1. The van der Waals surface area contributed by atoms with Crippen molar-refractivity contribution >= 4 is 11.4 Å². The third-order valence-electron chi connectivity index (χ3n) is 6.44. The third kappa shape index (κ3) is 2.91. The van der Waals surface area contributed by atoms with Gasteiger partial charge in [-0.3, -0.25) is 9.78 Å². The van der Waals surface area contributed by atoms with Crippen molar-refractivity contribution in [1.29, 1.82) is 5.26 Å². The molecule has 1 aliphatic carbocycles. The Labute approximate surface area is 174 Å². The van der Waals surface area contributed by atoms with Crippen molar-refractivity contribution in [1.82, 2.24) is 19.5 Å². The van der Waals surface area contributed by atoms with Crippen LogP contribution in [0.5, 0.6) is 5.75 Å². The normalized spacial score (nSPS) is 22.4. The molecule has 7 nitrogen and oxygen atoms in total. The third-order valence-corrected chi connectivity index (χ3v) is 6.44. The van der Waals surface area contributed by atoms with E-state index in [9.17, 15) is 10.1 Å². The number of carbonyl (C=O) groups is 1. The second-order valence-corrected chi connectivity index (χ2v) is 8.12. The van der Waals surface area contributed by atoms with Gasteiger partial charge in [-0.15, -0.1) is 0 Å². The summed E-state index contributed by atoms with van der Waals surface area (Å²) in [4.78, 5) is 18.6. The van der Waals surface area contributed by atoms with Crippen molar-refractivity contribution < 1.29 is 9.53 Å². The molecule has 1 amide bonds. The number of hydrogen-bond acceptors (Lipinski definition) is 5. The average Bonchev–Trinajstić information content (AvgIpc) is 3.47. The van der Waals surface area contributed by atoms with Crippen molar-refractivity contribution in [2.24, 2.45) is 5.92 Å². The maximum atomic E-state index is 11.8. The molecule has 1 saturated heterocycles. The second-order valence-electron chi connectivity index (χ2n) is 8.12. The summed E-state index contributed by atoms with van der Waals surface area (Å²) in [5, 5.41) is 13.8. The van der Waals surface area contributed by atoms with Gasteiger partial charge in [0.1, 0.15) is 11.8 Å². The standard InChI is InChI=1S/C23H23N5O2/c1-3-30-19-8-21(23-17(9-24)11-26-28(23)13-19)15-4-5-22(25-10-15)20-7-18-6-16(20)12-27(18)14(2)29/h4-5,8,10-11,13,16,18,20H,3,6-7,12H2,1-2H3. The number of hydrogen-bond donors (Lipinski definition) is 0. The number of rotatable bonds is 4. The number of nitriles is 1. The molecule has 3 aromatic rings. The molecule has 2 bridgehead atoms. The van der Waals surface area contributed by atoms with Crippen LogP contribution < -0.4 is 4.74 Å². The lowest BCUT2D eigenvalue weighted by atomic mass is 9.90. The lowest BCUT2D eigenvalue weighted by Gasteiger charge is -2.30. The summed E-state index contributed by atoms with van der Waals surface area (Å²) in [6.45, 7) is 4.99. The summed E-state index contributed by atoms with van der Waals surface area (Å²) in [6.07, 6.45) is 7.31. The number of amides is 1. The molecule has 3 unspecified atom stereocenters. The Morgan fingerprint density at radius 2 is 2.20 bits per heavy atom. The van der Waals surface area contributed by atoms with Gasteiger partial charge >= 0.3 is 0 Å². The van der Waals surface area contributed by atoms with Crippen LogP contribution in [0.3, 0.4) is 0 Å². The van der Waals surface area contributed by atoms with Gasteiger partial charge < -0.3 is 9.64 Å². The van der Waals surface area contributed by atoms with E-state index in [1.807, 2.05) is 24.1 Å². The molecule has 152 valence electrons. The molecule has 7 heteroatoms. The van der Waals surface area contributed by atoms with E-state index in [1.165, 1.54) is 0 Å². The van der Waals surface area contributed by atoms with Gasteiger partial charge in [-0.25, -0.2) is 4.52 Å². The first-order valence-corrected chi connectivity index (χ1v) is 10.4. The van der Waals surface area contributed by atoms with Gasteiger partial charge in [-0.2, -0.15) is 10.4 Å². The first kappa shape index (κ1) is 18.6. The number of aromatic nitrogens is 3. The molecule has 1 aliphatic heterocycles. The molecule has 30 heavy (non-hydrogen) atoms. The summed E-state index contributed by atoms with van der Waals surface area (Å²) < 4.78 is 7.38. The van der Waals surface area contributed by atoms with E-state index in [0.717, 1.165) is 41.7 Å². The molecule has 5 rings (SSSR count). The number of fused-ring (bicyclic) bond motifs is 3. The van der Waals surface area contributed by atoms with Gasteiger partial charge in [0.25, 0.3) is 0 Å². The second kappa shape index (κ2) is 7.13. The molecule has 2 aliphatic rings. The minimum absolute atomic E-state index is 0.177. The molecule has 0 aromatic carbocycles. The highest BCUT2D eigenvalue weighted by molar-refractivity contribution is 5.85. The Hall–Kier alpha value is -3.40. The lowest BCUT2D eigenvalue weighted by molar-refractivity contribution is -0.130. The van der Waals surface area contributed by atoms with Gasteiger partial charge in [0.15, 0.2) is 0 Å². The van der Waals surface area contributed by atoms with Crippen LogP contribution in [-0.2, 0) is 4.79 Å². The molecule has 0 N–H and O–H groups in total. The molecule has 0 spiro atoms. The average molecular weight is 401 g/mol. The molecular formula is C23H23N5O2. The van der Waals surface area contributed by atoms with Crippen molar-refractivity contribution in [2.75, 3.05) is 13.2 Å². The monoisotopic (exact) mass is 401 g/mol. The van der Waals surface area contributed by atoms with Crippen molar-refractivity contribution in [3.63, 3.8) is 0 Å². The molecule has 4 heterocycles. The van der Waals surface area contributed by atoms with Gasteiger partial charge in [-0.05, 0) is 37.8 Å². The highest BCUT2D eigenvalue weighted by atomic mass is 16.5. The van der Waals surface area contributed by atoms with E-state index in [2.05, 4.69) is 23.3 Å². The zero-order chi connectivity index (χ0) is 20.8. The maximum Gasteiger partial charge on any atom is 0.219 e. The Balaban J connectivity index is 1.48. The first-order chi connectivity index (χ1) is 14.6. The Bertz CT molecular complexity index is 1160. The Kier molecular flexibility index (Phi) is 4.43. The van der Waals surface area contributed by atoms with Gasteiger partial charge in [0.05, 0.1) is 30.1 Å². The number of pyridine rings is 2. The van der Waals surface area contributed by atoms with Crippen molar-refractivity contribution in [3.05, 3.63) is 48.0 Å². The summed E-state index contributed by atoms with van der Waals surface area (Å²) in [7, 11) is 0. The number of likely N-dealkylation sites (tertiary alicyclic amines) is 1. The Morgan fingerprint density at radius 1 is 1.33 bits per heavy atom. The van der Waals surface area contributed by atoms with Crippen molar-refractivity contribution in [2.45, 2.75) is 38.6 Å². The summed E-state index contributed by atoms with van der Waals surface area (Å²) in [5.74, 6) is 1.77. The quantitative estimate of drug-likeness (QED) is 0.669. The largest absolute Gasteiger partial charge is 0.492 e. The van der Waals surface area contributed by atoms with Crippen LogP contribution in [0.25, 0.3) is 16.6 Å². The van der Waals surface area contributed by atoms with Crippen molar-refractivity contribution in [3.8, 4) is 22.9 Å². The van der Waals surface area contributed by atoms with Crippen LogP contribution in [0.15, 0.2) is 36.8 Å². The van der Waals surface area contributed by atoms with Crippen LogP contribution in [0.2, 0.25) is 0 Å². The van der Waals surface area contributed by atoms with Crippen LogP contribution in [-0.4, -0.2) is 44.6 Å². The molecule has 1 saturated carbocycles. The fourth-order valence-corrected chi connectivity index (χ4v) is 5.13.